The molecule has 1 aromatic heterocycles. The Morgan fingerprint density at radius 2 is 2.24 bits per heavy atom. The first kappa shape index (κ1) is 14.7. The number of esters is 1. The van der Waals surface area contributed by atoms with Gasteiger partial charge in [0, 0.05) is 17.4 Å². The Hall–Kier alpha value is -2.67. The average Bonchev–Trinajstić information content (AvgIpc) is 3.01. The summed E-state index contributed by atoms with van der Waals surface area (Å²) in [5.74, 6) is -1.37. The minimum Gasteiger partial charge on any atom is -0.464 e. The van der Waals surface area contributed by atoms with E-state index in [1.54, 1.807) is 31.3 Å². The number of amides is 1. The van der Waals surface area contributed by atoms with Crippen molar-refractivity contribution in [2.45, 2.75) is 13.0 Å². The highest BCUT2D eigenvalue weighted by Gasteiger charge is 2.23. The molecule has 110 valence electrons. The quantitative estimate of drug-likeness (QED) is 0.559. The maximum Gasteiger partial charge on any atom is 0.332 e. The fourth-order valence-corrected chi connectivity index (χ4v) is 1.74. The molecule has 2 aromatic rings. The molecule has 1 aromatic carbocycles. The highest BCUT2D eigenvalue weighted by atomic mass is 16.5. The number of ether oxygens (including phenoxy) is 1. The monoisotopic (exact) mass is 288 g/mol. The second-order valence-electron chi connectivity index (χ2n) is 4.27. The van der Waals surface area contributed by atoms with Gasteiger partial charge in [0.05, 0.1) is 12.3 Å². The second kappa shape index (κ2) is 6.67. The predicted octanol–water partition coefficient (Wildman–Crippen LogP) is 0.906. The summed E-state index contributed by atoms with van der Waals surface area (Å²) in [7, 11) is 0. The van der Waals surface area contributed by atoms with Gasteiger partial charge in [0.25, 0.3) is 5.91 Å². The normalized spacial score (nSPS) is 11.7. The van der Waals surface area contributed by atoms with Gasteiger partial charge in [-0.15, -0.1) is 0 Å². The van der Waals surface area contributed by atoms with Crippen molar-refractivity contribution >= 4 is 17.6 Å². The van der Waals surface area contributed by atoms with Gasteiger partial charge in [0.15, 0.2) is 6.04 Å². The molecule has 1 amide bonds. The first-order valence-corrected chi connectivity index (χ1v) is 6.44. The minimum atomic E-state index is -1.35. The molecule has 0 saturated heterocycles. The summed E-state index contributed by atoms with van der Waals surface area (Å²) in [5, 5.41) is 9.28. The van der Waals surface area contributed by atoms with E-state index in [1.807, 2.05) is 12.1 Å². The molecule has 1 atom stereocenters. The van der Waals surface area contributed by atoms with Crippen LogP contribution in [-0.2, 0) is 14.3 Å². The van der Waals surface area contributed by atoms with Gasteiger partial charge in [0.2, 0.25) is 0 Å². The van der Waals surface area contributed by atoms with E-state index in [0.717, 1.165) is 11.3 Å². The zero-order valence-electron chi connectivity index (χ0n) is 11.5. The Balaban J connectivity index is 2.08. The summed E-state index contributed by atoms with van der Waals surface area (Å²) in [6, 6.07) is 7.57. The molecule has 7 nitrogen and oxygen atoms in total. The number of hydrogen-bond acceptors (Lipinski definition) is 5. The van der Waals surface area contributed by atoms with Crippen molar-refractivity contribution in [2.75, 3.05) is 11.9 Å². The molecule has 0 spiro atoms. The molecular weight excluding hydrogens is 272 g/mol. The van der Waals surface area contributed by atoms with Crippen molar-refractivity contribution < 1.29 is 14.3 Å². The van der Waals surface area contributed by atoms with Crippen LogP contribution in [0.1, 0.15) is 6.92 Å². The lowest BCUT2D eigenvalue weighted by atomic mass is 10.1. The number of nitrogens with zero attached hydrogens (tertiary/aromatic N) is 1. The molecule has 0 aliphatic rings. The van der Waals surface area contributed by atoms with Crippen molar-refractivity contribution in [3.63, 3.8) is 0 Å². The van der Waals surface area contributed by atoms with Crippen molar-refractivity contribution in [3.8, 4) is 11.3 Å². The summed E-state index contributed by atoms with van der Waals surface area (Å²) >= 11 is 0. The number of nitrogens with one attached hydrogen (secondary N) is 2. The van der Waals surface area contributed by atoms with E-state index < -0.39 is 17.9 Å². The Morgan fingerprint density at radius 3 is 2.90 bits per heavy atom. The van der Waals surface area contributed by atoms with Crippen LogP contribution in [0.3, 0.4) is 0 Å². The van der Waals surface area contributed by atoms with Crippen molar-refractivity contribution in [3.05, 3.63) is 36.5 Å². The first-order valence-electron chi connectivity index (χ1n) is 6.44. The third kappa shape index (κ3) is 3.67. The number of aromatic amines is 1. The van der Waals surface area contributed by atoms with Crippen LogP contribution < -0.4 is 11.1 Å². The topological polar surface area (TPSA) is 110 Å². The Morgan fingerprint density at radius 1 is 1.43 bits per heavy atom. The molecule has 0 saturated carbocycles. The molecule has 2 rings (SSSR count). The standard InChI is InChI=1S/C14H16N4O3/c1-2-21-14(20)12(15)13(19)17-10-5-3-4-9(8-10)11-6-7-16-18-11/h3-8,12H,2,15H2,1H3,(H,16,18)(H,17,19). The van der Waals surface area contributed by atoms with Crippen LogP contribution in [0.15, 0.2) is 36.5 Å². The molecular formula is C14H16N4O3. The van der Waals surface area contributed by atoms with Crippen molar-refractivity contribution in [2.24, 2.45) is 5.73 Å². The summed E-state index contributed by atoms with van der Waals surface area (Å²) < 4.78 is 4.71. The number of H-pyrrole nitrogens is 1. The van der Waals surface area contributed by atoms with Gasteiger partial charge in [-0.1, -0.05) is 12.1 Å². The number of benzene rings is 1. The van der Waals surface area contributed by atoms with E-state index in [1.165, 1.54) is 0 Å². The predicted molar refractivity (Wildman–Crippen MR) is 77.3 cm³/mol. The first-order chi connectivity index (χ1) is 10.1. The molecule has 0 fully saturated rings. The summed E-state index contributed by atoms with van der Waals surface area (Å²) in [4.78, 5) is 23.3. The Labute approximate surface area is 121 Å². The van der Waals surface area contributed by atoms with Gasteiger partial charge in [0.1, 0.15) is 0 Å². The van der Waals surface area contributed by atoms with Gasteiger partial charge in [-0.05, 0) is 25.1 Å². The van der Waals surface area contributed by atoms with Crippen LogP contribution in [0.25, 0.3) is 11.3 Å². The van der Waals surface area contributed by atoms with Gasteiger partial charge in [-0.25, -0.2) is 4.79 Å². The van der Waals surface area contributed by atoms with Gasteiger partial charge < -0.3 is 15.8 Å². The van der Waals surface area contributed by atoms with Gasteiger partial charge in [-0.3, -0.25) is 9.89 Å². The van der Waals surface area contributed by atoms with E-state index in [-0.39, 0.29) is 6.61 Å². The SMILES string of the molecule is CCOC(=O)C(N)C(=O)Nc1cccc(-c2ccn[nH]2)c1. The lowest BCUT2D eigenvalue weighted by molar-refractivity contribution is -0.146. The van der Waals surface area contributed by atoms with E-state index in [4.69, 9.17) is 10.5 Å². The fraction of sp³-hybridized carbons (Fsp3) is 0.214. The second-order valence-corrected chi connectivity index (χ2v) is 4.27. The number of aromatic nitrogens is 2. The van der Waals surface area contributed by atoms with Gasteiger partial charge in [-0.2, -0.15) is 5.10 Å². The fourth-order valence-electron chi connectivity index (χ4n) is 1.74. The molecule has 7 heteroatoms. The zero-order chi connectivity index (χ0) is 15.2. The lowest BCUT2D eigenvalue weighted by Crippen LogP contribution is -2.43. The highest BCUT2D eigenvalue weighted by Crippen LogP contribution is 2.20. The minimum absolute atomic E-state index is 0.176. The van der Waals surface area contributed by atoms with Crippen LogP contribution in [0.4, 0.5) is 5.69 Å². The number of rotatable bonds is 5. The Kier molecular flexibility index (Phi) is 4.68. The third-order valence-electron chi connectivity index (χ3n) is 2.76. The molecule has 0 bridgehead atoms. The maximum absolute atomic E-state index is 11.9. The molecule has 0 radical (unpaired) electrons. The highest BCUT2D eigenvalue weighted by molar-refractivity contribution is 6.08. The molecule has 4 N–H and O–H groups in total. The molecule has 0 aliphatic heterocycles. The maximum atomic E-state index is 11.9. The van der Waals surface area contributed by atoms with Gasteiger partial charge >= 0.3 is 5.97 Å². The summed E-state index contributed by atoms with van der Waals surface area (Å²) in [6.45, 7) is 1.82. The molecule has 1 heterocycles. The molecule has 0 aliphatic carbocycles. The number of carbonyl (C=O) groups excluding carboxylic acids is 2. The van der Waals surface area contributed by atoms with Crippen LogP contribution in [0, 0.1) is 0 Å². The molecule has 21 heavy (non-hydrogen) atoms. The third-order valence-corrected chi connectivity index (χ3v) is 2.76. The number of hydrogen-bond donors (Lipinski definition) is 3. The van der Waals surface area contributed by atoms with E-state index >= 15 is 0 Å². The van der Waals surface area contributed by atoms with Crippen LogP contribution >= 0.6 is 0 Å². The summed E-state index contributed by atoms with van der Waals surface area (Å²) in [6.07, 6.45) is 1.64. The van der Waals surface area contributed by atoms with E-state index in [9.17, 15) is 9.59 Å². The van der Waals surface area contributed by atoms with Crippen molar-refractivity contribution in [1.29, 1.82) is 0 Å². The Bertz CT molecular complexity index is 625. The van der Waals surface area contributed by atoms with E-state index in [2.05, 4.69) is 15.5 Å². The van der Waals surface area contributed by atoms with Crippen LogP contribution in [0.2, 0.25) is 0 Å². The zero-order valence-corrected chi connectivity index (χ0v) is 11.5. The number of nitrogens with two attached hydrogens (primary N) is 1. The number of anilines is 1. The van der Waals surface area contributed by atoms with Crippen LogP contribution in [-0.4, -0.2) is 34.7 Å². The average molecular weight is 288 g/mol. The largest absolute Gasteiger partial charge is 0.464 e. The smallest absolute Gasteiger partial charge is 0.332 e. The number of carbonyl (C=O) groups is 2. The summed E-state index contributed by atoms with van der Waals surface area (Å²) in [5.41, 5.74) is 7.74. The van der Waals surface area contributed by atoms with E-state index in [0.29, 0.717) is 5.69 Å². The lowest BCUT2D eigenvalue weighted by Gasteiger charge is -2.11. The molecule has 1 unspecified atom stereocenters. The van der Waals surface area contributed by atoms with Crippen molar-refractivity contribution in [1.82, 2.24) is 10.2 Å². The van der Waals surface area contributed by atoms with Crippen LogP contribution in [0.5, 0.6) is 0 Å².